The zero-order chi connectivity index (χ0) is 17.5. The Morgan fingerprint density at radius 1 is 1.17 bits per heavy atom. The van der Waals surface area contributed by atoms with Crippen molar-refractivity contribution in [1.29, 1.82) is 0 Å². The van der Waals surface area contributed by atoms with E-state index in [-0.39, 0.29) is 28.8 Å². The van der Waals surface area contributed by atoms with Crippen molar-refractivity contribution in [3.05, 3.63) is 63.9 Å². The van der Waals surface area contributed by atoms with Crippen molar-refractivity contribution in [3.63, 3.8) is 0 Å². The summed E-state index contributed by atoms with van der Waals surface area (Å²) < 4.78 is 5.01. The van der Waals surface area contributed by atoms with E-state index in [1.54, 1.807) is 0 Å². The number of amides is 1. The van der Waals surface area contributed by atoms with Crippen molar-refractivity contribution in [2.24, 2.45) is 0 Å². The summed E-state index contributed by atoms with van der Waals surface area (Å²) in [4.78, 5) is 15.4. The molecule has 2 atom stereocenters. The van der Waals surface area contributed by atoms with E-state index in [9.17, 15) is 15.0 Å². The molecule has 0 aliphatic carbocycles. The number of rotatable bonds is 6. The zero-order valence-electron chi connectivity index (χ0n) is 12.5. The highest BCUT2D eigenvalue weighted by molar-refractivity contribution is 6.35. The third-order valence-corrected chi connectivity index (χ3v) is 3.82. The lowest BCUT2D eigenvalue weighted by molar-refractivity contribution is 0.0185. The van der Waals surface area contributed by atoms with Gasteiger partial charge in [-0.2, -0.15) is 0 Å². The van der Waals surface area contributed by atoms with Crippen LogP contribution in [-0.4, -0.2) is 33.9 Å². The van der Waals surface area contributed by atoms with Crippen LogP contribution in [0, 0.1) is 0 Å². The second kappa shape index (κ2) is 8.84. The Hall–Kier alpha value is -1.86. The van der Waals surface area contributed by atoms with Crippen LogP contribution < -0.4 is 5.32 Å². The van der Waals surface area contributed by atoms with Crippen LogP contribution in [0.5, 0.6) is 0 Å². The number of aliphatic hydroxyl groups excluding tert-OH is 2. The lowest BCUT2D eigenvalue weighted by Gasteiger charge is -2.20. The number of carbonyl (C=O) groups excluding carboxylic acids is 1. The van der Waals surface area contributed by atoms with Gasteiger partial charge < -0.3 is 20.3 Å². The van der Waals surface area contributed by atoms with E-state index in [1.807, 2.05) is 30.3 Å². The molecule has 0 spiro atoms. The standard InChI is InChI=1S/C16H16Cl2N2O4/c17-11-6-19-7-12(18)14(11)15(22)13(21)8-20-16(23)24-9-10-4-2-1-3-5-10/h1-7,13,15,21-22H,8-9H2,(H,20,23). The average molecular weight is 371 g/mol. The molecule has 1 amide bonds. The Labute approximate surface area is 149 Å². The van der Waals surface area contributed by atoms with Crippen molar-refractivity contribution < 1.29 is 19.7 Å². The summed E-state index contributed by atoms with van der Waals surface area (Å²) in [6.07, 6.45) is -0.785. The van der Waals surface area contributed by atoms with E-state index in [1.165, 1.54) is 12.4 Å². The fraction of sp³-hybridized carbons (Fsp3) is 0.250. The van der Waals surface area contributed by atoms with Crippen LogP contribution in [-0.2, 0) is 11.3 Å². The molecule has 0 bridgehead atoms. The van der Waals surface area contributed by atoms with Crippen molar-refractivity contribution in [3.8, 4) is 0 Å². The maximum absolute atomic E-state index is 11.6. The molecule has 0 saturated carbocycles. The first kappa shape index (κ1) is 18.5. The molecular weight excluding hydrogens is 355 g/mol. The molecule has 128 valence electrons. The number of benzene rings is 1. The molecule has 0 aliphatic heterocycles. The quantitative estimate of drug-likeness (QED) is 0.726. The van der Waals surface area contributed by atoms with Gasteiger partial charge in [0.15, 0.2) is 0 Å². The maximum Gasteiger partial charge on any atom is 0.407 e. The molecule has 0 fully saturated rings. The van der Waals surface area contributed by atoms with Crippen LogP contribution in [0.2, 0.25) is 10.0 Å². The van der Waals surface area contributed by atoms with Gasteiger partial charge in [0.05, 0.1) is 10.0 Å². The second-order valence-corrected chi connectivity index (χ2v) is 5.79. The predicted octanol–water partition coefficient (Wildman–Crippen LogP) is 2.71. The number of pyridine rings is 1. The van der Waals surface area contributed by atoms with Crippen LogP contribution >= 0.6 is 23.2 Å². The number of ether oxygens (including phenoxy) is 1. The number of aliphatic hydroxyl groups is 2. The molecule has 0 radical (unpaired) electrons. The summed E-state index contributed by atoms with van der Waals surface area (Å²) in [5, 5.41) is 22.7. The fourth-order valence-electron chi connectivity index (χ4n) is 1.97. The third-order valence-electron chi connectivity index (χ3n) is 3.22. The summed E-state index contributed by atoms with van der Waals surface area (Å²) in [5.74, 6) is 0. The average Bonchev–Trinajstić information content (AvgIpc) is 2.58. The number of nitrogens with one attached hydrogen (secondary N) is 1. The van der Waals surface area contributed by atoms with Gasteiger partial charge in [-0.15, -0.1) is 0 Å². The first-order chi connectivity index (χ1) is 11.5. The summed E-state index contributed by atoms with van der Waals surface area (Å²) in [5.41, 5.74) is 0.990. The molecule has 3 N–H and O–H groups in total. The molecule has 1 heterocycles. The SMILES string of the molecule is O=C(NCC(O)C(O)c1c(Cl)cncc1Cl)OCc1ccccc1. The Kier molecular flexibility index (Phi) is 6.81. The number of nitrogens with zero attached hydrogens (tertiary/aromatic N) is 1. The molecule has 8 heteroatoms. The van der Waals surface area contributed by atoms with Gasteiger partial charge in [-0.3, -0.25) is 4.98 Å². The van der Waals surface area contributed by atoms with Gasteiger partial charge >= 0.3 is 6.09 Å². The van der Waals surface area contributed by atoms with Gasteiger partial charge in [-0.1, -0.05) is 53.5 Å². The van der Waals surface area contributed by atoms with Gasteiger partial charge in [0.25, 0.3) is 0 Å². The number of alkyl carbamates (subject to hydrolysis) is 1. The van der Waals surface area contributed by atoms with Gasteiger partial charge in [0.2, 0.25) is 0 Å². The van der Waals surface area contributed by atoms with E-state index < -0.39 is 18.3 Å². The van der Waals surface area contributed by atoms with Gasteiger partial charge in [0.1, 0.15) is 18.8 Å². The molecule has 1 aromatic carbocycles. The summed E-state index contributed by atoms with van der Waals surface area (Å²) in [6, 6.07) is 9.16. The lowest BCUT2D eigenvalue weighted by Crippen LogP contribution is -2.36. The molecule has 2 aromatic rings. The molecule has 1 aromatic heterocycles. The Bertz CT molecular complexity index is 665. The minimum absolute atomic E-state index is 0.104. The molecule has 2 unspecified atom stereocenters. The molecule has 6 nitrogen and oxygen atoms in total. The number of aromatic nitrogens is 1. The van der Waals surface area contributed by atoms with Crippen LogP contribution in [0.3, 0.4) is 0 Å². The smallest absolute Gasteiger partial charge is 0.407 e. The van der Waals surface area contributed by atoms with Crippen LogP contribution in [0.1, 0.15) is 17.2 Å². The monoisotopic (exact) mass is 370 g/mol. The van der Waals surface area contributed by atoms with Crippen molar-refractivity contribution in [2.75, 3.05) is 6.54 Å². The summed E-state index contributed by atoms with van der Waals surface area (Å²) in [6.45, 7) is -0.128. The van der Waals surface area contributed by atoms with E-state index in [4.69, 9.17) is 27.9 Å². The molecule has 0 aliphatic rings. The molecular formula is C16H16Cl2N2O4. The van der Waals surface area contributed by atoms with Gasteiger partial charge in [-0.25, -0.2) is 4.79 Å². The highest BCUT2D eigenvalue weighted by atomic mass is 35.5. The van der Waals surface area contributed by atoms with Crippen molar-refractivity contribution >= 4 is 29.3 Å². The fourth-order valence-corrected chi connectivity index (χ4v) is 2.56. The number of hydrogen-bond donors (Lipinski definition) is 3. The number of halogens is 2. The van der Waals surface area contributed by atoms with Crippen molar-refractivity contribution in [1.82, 2.24) is 10.3 Å². The largest absolute Gasteiger partial charge is 0.445 e. The van der Waals surface area contributed by atoms with Crippen LogP contribution in [0.25, 0.3) is 0 Å². The second-order valence-electron chi connectivity index (χ2n) is 4.97. The Balaban J connectivity index is 1.83. The van der Waals surface area contributed by atoms with E-state index in [2.05, 4.69) is 10.3 Å². The third kappa shape index (κ3) is 5.07. The van der Waals surface area contributed by atoms with Crippen LogP contribution in [0.15, 0.2) is 42.7 Å². The highest BCUT2D eigenvalue weighted by Gasteiger charge is 2.24. The zero-order valence-corrected chi connectivity index (χ0v) is 14.0. The molecule has 24 heavy (non-hydrogen) atoms. The summed E-state index contributed by atoms with van der Waals surface area (Å²) >= 11 is 11.8. The predicted molar refractivity (Wildman–Crippen MR) is 89.9 cm³/mol. The minimum Gasteiger partial charge on any atom is -0.445 e. The Morgan fingerprint density at radius 2 is 1.79 bits per heavy atom. The lowest BCUT2D eigenvalue weighted by atomic mass is 10.1. The van der Waals surface area contributed by atoms with E-state index in [0.717, 1.165) is 5.56 Å². The normalized spacial score (nSPS) is 13.2. The number of carbonyl (C=O) groups is 1. The topological polar surface area (TPSA) is 91.7 Å². The van der Waals surface area contributed by atoms with E-state index in [0.29, 0.717) is 0 Å². The molecule has 2 rings (SSSR count). The minimum atomic E-state index is -1.37. The summed E-state index contributed by atoms with van der Waals surface area (Å²) in [7, 11) is 0. The van der Waals surface area contributed by atoms with Gasteiger partial charge in [0, 0.05) is 24.5 Å². The van der Waals surface area contributed by atoms with Crippen molar-refractivity contribution in [2.45, 2.75) is 18.8 Å². The molecule has 0 saturated heterocycles. The first-order valence-electron chi connectivity index (χ1n) is 7.08. The Morgan fingerprint density at radius 3 is 2.42 bits per heavy atom. The van der Waals surface area contributed by atoms with Gasteiger partial charge in [-0.05, 0) is 5.56 Å². The maximum atomic E-state index is 11.6. The van der Waals surface area contributed by atoms with E-state index >= 15 is 0 Å². The van der Waals surface area contributed by atoms with Crippen LogP contribution in [0.4, 0.5) is 4.79 Å². The number of hydrogen-bond acceptors (Lipinski definition) is 5. The highest BCUT2D eigenvalue weighted by Crippen LogP contribution is 2.30. The first-order valence-corrected chi connectivity index (χ1v) is 7.84.